The third-order valence-electron chi connectivity index (χ3n) is 6.50. The number of methoxy groups -OCH3 is 1. The summed E-state index contributed by atoms with van der Waals surface area (Å²) in [5.74, 6) is -2.83. The van der Waals surface area contributed by atoms with Gasteiger partial charge in [-0.15, -0.1) is 0 Å². The molecule has 222 valence electrons. The van der Waals surface area contributed by atoms with Crippen LogP contribution in [0.15, 0.2) is 47.4 Å². The van der Waals surface area contributed by atoms with E-state index in [0.717, 1.165) is 29.2 Å². The van der Waals surface area contributed by atoms with Crippen molar-refractivity contribution >= 4 is 15.9 Å². The molecule has 0 bridgehead atoms. The summed E-state index contributed by atoms with van der Waals surface area (Å²) in [6.07, 6.45) is -13.7. The summed E-state index contributed by atoms with van der Waals surface area (Å²) in [7, 11) is -4.55. The standard InChI is InChI=1S/C25H25F8NO5S/c1-21(2,3)39-20(35)34-12-11-22(14-34,40(36,37)17-8-6-16(26)7-9-17)15-5-10-18(19(27)13-15)23(38-4,24(28,29)30)25(31,32)33/h5-10,13H,11-12,14H2,1-4H3. The van der Waals surface area contributed by atoms with E-state index >= 15 is 4.39 Å². The lowest BCUT2D eigenvalue weighted by Crippen LogP contribution is -2.56. The fraction of sp³-hybridized carbons (Fsp3) is 0.480. The van der Waals surface area contributed by atoms with Gasteiger partial charge in [-0.05, 0) is 63.1 Å². The van der Waals surface area contributed by atoms with E-state index in [4.69, 9.17) is 4.74 Å². The largest absolute Gasteiger partial charge is 0.444 e. The lowest BCUT2D eigenvalue weighted by molar-refractivity contribution is -0.384. The van der Waals surface area contributed by atoms with Crippen LogP contribution in [0.25, 0.3) is 0 Å². The number of sulfone groups is 1. The van der Waals surface area contributed by atoms with Crippen LogP contribution in [0.3, 0.4) is 0 Å². The Morgan fingerprint density at radius 2 is 1.48 bits per heavy atom. The summed E-state index contributed by atoms with van der Waals surface area (Å²) < 4.78 is 146. The maximum absolute atomic E-state index is 15.3. The molecule has 1 heterocycles. The zero-order chi connectivity index (χ0) is 30.5. The van der Waals surface area contributed by atoms with Crippen LogP contribution in [0.2, 0.25) is 0 Å². The molecule has 1 fully saturated rings. The first kappa shape index (κ1) is 31.6. The highest BCUT2D eigenvalue weighted by molar-refractivity contribution is 7.92. The Morgan fingerprint density at radius 3 is 1.93 bits per heavy atom. The number of ether oxygens (including phenoxy) is 2. The van der Waals surface area contributed by atoms with E-state index in [2.05, 4.69) is 4.74 Å². The van der Waals surface area contributed by atoms with Gasteiger partial charge in [0.05, 0.1) is 4.90 Å². The van der Waals surface area contributed by atoms with Crippen molar-refractivity contribution in [2.45, 2.75) is 60.4 Å². The molecule has 40 heavy (non-hydrogen) atoms. The van der Waals surface area contributed by atoms with Crippen molar-refractivity contribution in [2.24, 2.45) is 0 Å². The minimum absolute atomic E-state index is 0.116. The summed E-state index contributed by atoms with van der Waals surface area (Å²) >= 11 is 0. The Balaban J connectivity index is 2.24. The fourth-order valence-corrected chi connectivity index (χ4v) is 6.67. The minimum atomic E-state index is -6.15. The van der Waals surface area contributed by atoms with Crippen molar-refractivity contribution in [1.82, 2.24) is 4.90 Å². The van der Waals surface area contributed by atoms with Crippen molar-refractivity contribution in [1.29, 1.82) is 0 Å². The van der Waals surface area contributed by atoms with Crippen LogP contribution in [0.5, 0.6) is 0 Å². The molecule has 0 spiro atoms. The van der Waals surface area contributed by atoms with Gasteiger partial charge in [0.15, 0.2) is 9.84 Å². The molecule has 0 saturated carbocycles. The Morgan fingerprint density at radius 1 is 0.925 bits per heavy atom. The number of alkyl halides is 6. The molecule has 6 nitrogen and oxygen atoms in total. The van der Waals surface area contributed by atoms with Crippen LogP contribution in [0.1, 0.15) is 38.3 Å². The normalized spacial score (nSPS) is 19.1. The highest BCUT2D eigenvalue weighted by Crippen LogP contribution is 2.54. The second-order valence-corrected chi connectivity index (χ2v) is 12.4. The third kappa shape index (κ3) is 5.24. The molecule has 0 aliphatic carbocycles. The van der Waals surface area contributed by atoms with E-state index < -0.39 is 84.9 Å². The predicted octanol–water partition coefficient (Wildman–Crippen LogP) is 6.24. The molecule has 1 atom stereocenters. The second kappa shape index (κ2) is 10.2. The summed E-state index contributed by atoms with van der Waals surface area (Å²) in [6, 6.07) is 4.47. The molecule has 15 heteroatoms. The highest BCUT2D eigenvalue weighted by atomic mass is 32.2. The first-order chi connectivity index (χ1) is 18.1. The van der Waals surface area contributed by atoms with Crippen LogP contribution in [0, 0.1) is 11.6 Å². The van der Waals surface area contributed by atoms with Gasteiger partial charge in [-0.25, -0.2) is 22.0 Å². The Hall–Kier alpha value is -2.94. The average Bonchev–Trinajstić information content (AvgIpc) is 3.26. The van der Waals surface area contributed by atoms with Gasteiger partial charge in [-0.1, -0.05) is 12.1 Å². The van der Waals surface area contributed by atoms with Crippen molar-refractivity contribution in [3.8, 4) is 0 Å². The number of hydrogen-bond acceptors (Lipinski definition) is 5. The van der Waals surface area contributed by atoms with E-state index in [1.165, 1.54) is 0 Å². The fourth-order valence-electron chi connectivity index (χ4n) is 4.61. The van der Waals surface area contributed by atoms with Crippen molar-refractivity contribution in [2.75, 3.05) is 20.2 Å². The Kier molecular flexibility index (Phi) is 8.02. The van der Waals surface area contributed by atoms with Gasteiger partial charge >= 0.3 is 18.4 Å². The van der Waals surface area contributed by atoms with Crippen molar-refractivity contribution in [3.05, 3.63) is 65.2 Å². The molecule has 3 rings (SSSR count). The van der Waals surface area contributed by atoms with Gasteiger partial charge in [0.2, 0.25) is 0 Å². The molecule has 1 aliphatic heterocycles. The van der Waals surface area contributed by atoms with E-state index in [1.54, 1.807) is 20.8 Å². The monoisotopic (exact) mass is 603 g/mol. The Bertz CT molecular complexity index is 1350. The molecule has 0 radical (unpaired) electrons. The SMILES string of the molecule is COC(c1ccc(C2(S(=O)(=O)c3ccc(F)cc3)CCN(C(=O)OC(C)(C)C)C2)cc1F)(C(F)(F)F)C(F)(F)F. The van der Waals surface area contributed by atoms with E-state index in [0.29, 0.717) is 6.07 Å². The predicted molar refractivity (Wildman–Crippen MR) is 125 cm³/mol. The number of carbonyl (C=O) groups is 1. The van der Waals surface area contributed by atoms with Crippen LogP contribution in [-0.4, -0.2) is 57.6 Å². The zero-order valence-electron chi connectivity index (χ0n) is 21.6. The van der Waals surface area contributed by atoms with Crippen LogP contribution < -0.4 is 0 Å². The third-order valence-corrected chi connectivity index (χ3v) is 8.99. The van der Waals surface area contributed by atoms with Crippen LogP contribution in [0.4, 0.5) is 39.9 Å². The van der Waals surface area contributed by atoms with Gasteiger partial charge < -0.3 is 14.4 Å². The van der Waals surface area contributed by atoms with Crippen molar-refractivity contribution in [3.63, 3.8) is 0 Å². The van der Waals surface area contributed by atoms with E-state index in [1.807, 2.05) is 0 Å². The van der Waals surface area contributed by atoms with E-state index in [9.17, 15) is 43.9 Å². The number of benzene rings is 2. The number of rotatable bonds is 5. The van der Waals surface area contributed by atoms with Crippen LogP contribution >= 0.6 is 0 Å². The first-order valence-electron chi connectivity index (χ1n) is 11.6. The molecule has 2 aromatic carbocycles. The molecule has 1 unspecified atom stereocenters. The van der Waals surface area contributed by atoms with E-state index in [-0.39, 0.29) is 25.8 Å². The molecular formula is C25H25F8NO5S. The number of carbonyl (C=O) groups excluding carboxylic acids is 1. The maximum atomic E-state index is 15.3. The Labute approximate surface area is 224 Å². The number of amides is 1. The zero-order valence-corrected chi connectivity index (χ0v) is 22.4. The summed E-state index contributed by atoms with van der Waals surface area (Å²) in [5, 5.41) is 0. The topological polar surface area (TPSA) is 72.9 Å². The molecular weight excluding hydrogens is 578 g/mol. The molecule has 2 aromatic rings. The van der Waals surface area contributed by atoms with Gasteiger partial charge in [0.1, 0.15) is 22.0 Å². The summed E-state index contributed by atoms with van der Waals surface area (Å²) in [6.45, 7) is 3.67. The molecule has 0 N–H and O–H groups in total. The van der Waals surface area contributed by atoms with Gasteiger partial charge in [-0.3, -0.25) is 0 Å². The second-order valence-electron chi connectivity index (χ2n) is 10.2. The van der Waals surface area contributed by atoms with Gasteiger partial charge in [0, 0.05) is 25.8 Å². The number of nitrogens with zero attached hydrogens (tertiary/aromatic N) is 1. The molecule has 1 amide bonds. The van der Waals surface area contributed by atoms with Crippen molar-refractivity contribution < 1.29 is 57.8 Å². The van der Waals surface area contributed by atoms with Gasteiger partial charge in [0.25, 0.3) is 5.60 Å². The smallest absolute Gasteiger partial charge is 0.430 e. The lowest BCUT2D eigenvalue weighted by Gasteiger charge is -2.37. The quantitative estimate of drug-likeness (QED) is 0.299. The number of hydrogen-bond donors (Lipinski definition) is 0. The first-order valence-corrected chi connectivity index (χ1v) is 13.1. The summed E-state index contributed by atoms with van der Waals surface area (Å²) in [5.41, 5.74) is -8.51. The minimum Gasteiger partial charge on any atom is -0.444 e. The lowest BCUT2D eigenvalue weighted by atomic mass is 9.88. The molecule has 1 saturated heterocycles. The molecule has 1 aliphatic rings. The summed E-state index contributed by atoms with van der Waals surface area (Å²) in [4.78, 5) is 13.2. The van der Waals surface area contributed by atoms with Crippen LogP contribution in [-0.2, 0) is 29.7 Å². The molecule has 0 aromatic heterocycles. The number of likely N-dealkylation sites (tertiary alicyclic amines) is 1. The average molecular weight is 604 g/mol. The number of halogens is 8. The van der Waals surface area contributed by atoms with Gasteiger partial charge in [-0.2, -0.15) is 26.3 Å². The maximum Gasteiger partial charge on any atom is 0.430 e. The highest BCUT2D eigenvalue weighted by Gasteiger charge is 2.74.